The molecule has 0 bridgehead atoms. The van der Waals surface area contributed by atoms with E-state index in [1.165, 1.54) is 0 Å². The maximum Gasteiger partial charge on any atom is 0.205 e. The van der Waals surface area contributed by atoms with E-state index in [-0.39, 0.29) is 12.4 Å². The van der Waals surface area contributed by atoms with Crippen molar-refractivity contribution in [3.8, 4) is 0 Å². The molecular weight excluding hydrogens is 316 g/mol. The van der Waals surface area contributed by atoms with Crippen molar-refractivity contribution >= 4 is 23.3 Å². The predicted octanol–water partition coefficient (Wildman–Crippen LogP) is 2.70. The second-order valence-corrected chi connectivity index (χ2v) is 5.99. The third-order valence-corrected chi connectivity index (χ3v) is 4.46. The normalized spacial score (nSPS) is 25.7. The van der Waals surface area contributed by atoms with Gasteiger partial charge in [0.15, 0.2) is 11.6 Å². The van der Waals surface area contributed by atoms with Crippen LogP contribution in [0.3, 0.4) is 0 Å². The van der Waals surface area contributed by atoms with E-state index in [2.05, 4.69) is 4.99 Å². The van der Waals surface area contributed by atoms with Crippen molar-refractivity contribution in [2.45, 2.75) is 44.4 Å². The van der Waals surface area contributed by atoms with Crippen molar-refractivity contribution in [2.24, 2.45) is 10.7 Å². The first-order valence-electron chi connectivity index (χ1n) is 7.80. The fourth-order valence-corrected chi connectivity index (χ4v) is 3.15. The number of carbonyl (C=O) groups is 1. The van der Waals surface area contributed by atoms with E-state index >= 15 is 0 Å². The number of hydrogen-bond donors (Lipinski definition) is 1. The smallest absolute Gasteiger partial charge is 0.205 e. The second-order valence-electron chi connectivity index (χ2n) is 5.58. The number of nitrogens with two attached hydrogens (primary N) is 1. The number of benzene rings is 1. The van der Waals surface area contributed by atoms with Crippen LogP contribution < -0.4 is 5.73 Å². The number of carbonyl (C=O) groups excluding carboxylic acids is 1. The molecule has 0 spiro atoms. The molecule has 0 aromatic heterocycles. The molecule has 0 saturated carbocycles. The van der Waals surface area contributed by atoms with Crippen LogP contribution in [0.5, 0.6) is 0 Å². The third kappa shape index (κ3) is 3.27. The summed E-state index contributed by atoms with van der Waals surface area (Å²) in [5.41, 5.74) is 5.72. The standard InChI is InChI=1S/C17H23ClN2O3/c1-4-14-15(21)17(5-2,11-8-6-7-9-12(11)18)20-16(23-14)13(19)10-22-3/h6-9,13-14H,4-5,10,19H2,1-3H3/t13-,14?,17?/m0/s1. The number of aliphatic imine (C=N–C) groups is 1. The number of rotatable bonds is 6. The Balaban J connectivity index is 2.59. The number of Topliss-reactive ketones (excluding diaryl/α,β-unsaturated/α-hetero) is 1. The maximum atomic E-state index is 13.0. The molecule has 5 nitrogen and oxygen atoms in total. The number of halogens is 1. The van der Waals surface area contributed by atoms with Crippen LogP contribution in [0.25, 0.3) is 0 Å². The molecule has 3 atom stereocenters. The molecule has 6 heteroatoms. The van der Waals surface area contributed by atoms with Crippen LogP contribution in [0, 0.1) is 0 Å². The zero-order valence-electron chi connectivity index (χ0n) is 13.7. The molecule has 126 valence electrons. The van der Waals surface area contributed by atoms with Gasteiger partial charge in [0, 0.05) is 17.7 Å². The lowest BCUT2D eigenvalue weighted by molar-refractivity contribution is -0.134. The lowest BCUT2D eigenvalue weighted by Gasteiger charge is -2.38. The fourth-order valence-electron chi connectivity index (χ4n) is 2.86. The van der Waals surface area contributed by atoms with Crippen LogP contribution in [0.1, 0.15) is 32.3 Å². The van der Waals surface area contributed by atoms with Crippen molar-refractivity contribution in [3.05, 3.63) is 34.9 Å². The van der Waals surface area contributed by atoms with Gasteiger partial charge in [-0.2, -0.15) is 0 Å². The van der Waals surface area contributed by atoms with Crippen LogP contribution in [0.2, 0.25) is 5.02 Å². The summed E-state index contributed by atoms with van der Waals surface area (Å²) in [5, 5.41) is 0.517. The Kier molecular flexibility index (Phi) is 5.79. The zero-order chi connectivity index (χ0) is 17.0. The summed E-state index contributed by atoms with van der Waals surface area (Å²) in [6.45, 7) is 4.09. The van der Waals surface area contributed by atoms with E-state index in [0.717, 1.165) is 0 Å². The first-order chi connectivity index (χ1) is 11.0. The minimum absolute atomic E-state index is 0.0797. The summed E-state index contributed by atoms with van der Waals surface area (Å²) in [6, 6.07) is 6.77. The van der Waals surface area contributed by atoms with Crippen molar-refractivity contribution in [2.75, 3.05) is 13.7 Å². The summed E-state index contributed by atoms with van der Waals surface area (Å²) in [6.07, 6.45) is 0.448. The number of nitrogens with zero attached hydrogens (tertiary/aromatic N) is 1. The molecule has 2 rings (SSSR count). The molecule has 1 aromatic rings. The molecule has 0 saturated heterocycles. The van der Waals surface area contributed by atoms with Crippen molar-refractivity contribution in [1.82, 2.24) is 0 Å². The molecule has 1 aliphatic rings. The van der Waals surface area contributed by atoms with Crippen LogP contribution in [0.4, 0.5) is 0 Å². The van der Waals surface area contributed by atoms with Gasteiger partial charge in [-0.1, -0.05) is 43.6 Å². The first kappa shape index (κ1) is 17.9. The van der Waals surface area contributed by atoms with Gasteiger partial charge in [0.05, 0.1) is 6.61 Å². The predicted molar refractivity (Wildman–Crippen MR) is 90.9 cm³/mol. The van der Waals surface area contributed by atoms with E-state index < -0.39 is 17.7 Å². The van der Waals surface area contributed by atoms with E-state index in [0.29, 0.717) is 29.3 Å². The monoisotopic (exact) mass is 338 g/mol. The summed E-state index contributed by atoms with van der Waals surface area (Å²) >= 11 is 6.35. The summed E-state index contributed by atoms with van der Waals surface area (Å²) in [5.74, 6) is 0.268. The molecule has 2 unspecified atom stereocenters. The van der Waals surface area contributed by atoms with E-state index in [1.54, 1.807) is 13.2 Å². The summed E-state index contributed by atoms with van der Waals surface area (Å²) < 4.78 is 10.8. The highest BCUT2D eigenvalue weighted by molar-refractivity contribution is 6.32. The molecular formula is C17H23ClN2O3. The fraction of sp³-hybridized carbons (Fsp3) is 0.529. The number of ether oxygens (including phenoxy) is 2. The van der Waals surface area contributed by atoms with Gasteiger partial charge < -0.3 is 15.2 Å². The Hall–Kier alpha value is -1.43. The molecule has 0 fully saturated rings. The molecule has 2 N–H and O–H groups in total. The molecule has 1 aliphatic heterocycles. The number of hydrogen-bond acceptors (Lipinski definition) is 5. The van der Waals surface area contributed by atoms with E-state index in [9.17, 15) is 4.79 Å². The lowest BCUT2D eigenvalue weighted by atomic mass is 9.80. The third-order valence-electron chi connectivity index (χ3n) is 4.13. The van der Waals surface area contributed by atoms with Gasteiger partial charge in [0.25, 0.3) is 0 Å². The van der Waals surface area contributed by atoms with Crippen LogP contribution in [-0.4, -0.2) is 37.5 Å². The molecule has 0 aliphatic carbocycles. The second kappa shape index (κ2) is 7.43. The molecule has 0 radical (unpaired) electrons. The van der Waals surface area contributed by atoms with Gasteiger partial charge in [-0.3, -0.25) is 4.79 Å². The Morgan fingerprint density at radius 3 is 2.70 bits per heavy atom. The van der Waals surface area contributed by atoms with Crippen molar-refractivity contribution in [3.63, 3.8) is 0 Å². The highest BCUT2D eigenvalue weighted by Crippen LogP contribution is 2.39. The van der Waals surface area contributed by atoms with Gasteiger partial charge in [-0.25, -0.2) is 4.99 Å². The molecule has 0 amide bonds. The Morgan fingerprint density at radius 1 is 1.43 bits per heavy atom. The minimum atomic E-state index is -1.06. The van der Waals surface area contributed by atoms with Gasteiger partial charge in [0.1, 0.15) is 6.04 Å². The largest absolute Gasteiger partial charge is 0.468 e. The average molecular weight is 339 g/mol. The van der Waals surface area contributed by atoms with Crippen LogP contribution in [0.15, 0.2) is 29.3 Å². The van der Waals surface area contributed by atoms with E-state index in [4.69, 9.17) is 26.8 Å². The molecule has 1 aromatic carbocycles. The number of methoxy groups -OCH3 is 1. The topological polar surface area (TPSA) is 73.9 Å². The van der Waals surface area contributed by atoms with Gasteiger partial charge in [-0.05, 0) is 18.9 Å². The number of ketones is 1. The summed E-state index contributed by atoms with van der Waals surface area (Å²) in [4.78, 5) is 17.6. The quantitative estimate of drug-likeness (QED) is 0.865. The average Bonchev–Trinajstić information content (AvgIpc) is 2.56. The maximum absolute atomic E-state index is 13.0. The highest BCUT2D eigenvalue weighted by Gasteiger charge is 2.48. The van der Waals surface area contributed by atoms with Gasteiger partial charge in [0.2, 0.25) is 11.7 Å². The van der Waals surface area contributed by atoms with Crippen molar-refractivity contribution in [1.29, 1.82) is 0 Å². The Morgan fingerprint density at radius 2 is 2.13 bits per heavy atom. The van der Waals surface area contributed by atoms with Crippen molar-refractivity contribution < 1.29 is 14.3 Å². The van der Waals surface area contributed by atoms with Crippen LogP contribution >= 0.6 is 11.6 Å². The summed E-state index contributed by atoms with van der Waals surface area (Å²) in [7, 11) is 1.56. The SMILES string of the molecule is CCC1OC([C@@H](N)COC)=NC(CC)(c2ccccc2Cl)C1=O. The van der Waals surface area contributed by atoms with E-state index in [1.807, 2.05) is 32.0 Å². The minimum Gasteiger partial charge on any atom is -0.468 e. The zero-order valence-corrected chi connectivity index (χ0v) is 14.5. The Labute approximate surface area is 141 Å². The Bertz CT molecular complexity index is 605. The first-order valence-corrected chi connectivity index (χ1v) is 8.18. The van der Waals surface area contributed by atoms with Gasteiger partial charge >= 0.3 is 0 Å². The van der Waals surface area contributed by atoms with Gasteiger partial charge in [-0.15, -0.1) is 0 Å². The molecule has 1 heterocycles. The van der Waals surface area contributed by atoms with Crippen LogP contribution in [-0.2, 0) is 19.8 Å². The molecule has 23 heavy (non-hydrogen) atoms. The lowest BCUT2D eigenvalue weighted by Crippen LogP contribution is -2.52. The highest BCUT2D eigenvalue weighted by atomic mass is 35.5.